The Kier molecular flexibility index (Phi) is 6.12. The van der Waals surface area contributed by atoms with Crippen molar-refractivity contribution in [1.82, 2.24) is 5.32 Å². The fraction of sp³-hybridized carbons (Fsp3) is 0.292. The quantitative estimate of drug-likeness (QED) is 0.636. The van der Waals surface area contributed by atoms with Crippen molar-refractivity contribution < 1.29 is 9.53 Å². The SMILES string of the molecule is COc1ccc2cc([C@H](C)C(=O)NC(C)CCc3ccccc3)ccc2c1. The normalized spacial score (nSPS) is 13.1. The van der Waals surface area contributed by atoms with Gasteiger partial charge in [0.2, 0.25) is 5.91 Å². The summed E-state index contributed by atoms with van der Waals surface area (Å²) < 4.78 is 5.27. The molecule has 1 N–H and O–H groups in total. The Hall–Kier alpha value is -2.81. The van der Waals surface area contributed by atoms with E-state index in [1.807, 2.05) is 37.3 Å². The van der Waals surface area contributed by atoms with Crippen LogP contribution in [0.25, 0.3) is 10.8 Å². The predicted molar refractivity (Wildman–Crippen MR) is 111 cm³/mol. The number of benzene rings is 3. The van der Waals surface area contributed by atoms with Crippen LogP contribution in [0.5, 0.6) is 5.75 Å². The molecule has 1 unspecified atom stereocenters. The minimum absolute atomic E-state index is 0.0726. The summed E-state index contributed by atoms with van der Waals surface area (Å²) in [6.45, 7) is 4.03. The molecule has 1 amide bonds. The van der Waals surface area contributed by atoms with Crippen molar-refractivity contribution in [3.8, 4) is 5.75 Å². The van der Waals surface area contributed by atoms with Crippen molar-refractivity contribution in [3.05, 3.63) is 77.9 Å². The fourth-order valence-electron chi connectivity index (χ4n) is 3.26. The molecule has 3 rings (SSSR count). The van der Waals surface area contributed by atoms with Crippen LogP contribution in [0.3, 0.4) is 0 Å². The molecular weight excluding hydrogens is 334 g/mol. The van der Waals surface area contributed by atoms with Crippen LogP contribution in [0.2, 0.25) is 0 Å². The third kappa shape index (κ3) is 4.88. The van der Waals surface area contributed by atoms with Crippen molar-refractivity contribution >= 4 is 16.7 Å². The highest BCUT2D eigenvalue weighted by Crippen LogP contribution is 2.25. The van der Waals surface area contributed by atoms with E-state index in [2.05, 4.69) is 48.6 Å². The molecule has 3 heteroatoms. The summed E-state index contributed by atoms with van der Waals surface area (Å²) in [6, 6.07) is 22.7. The minimum Gasteiger partial charge on any atom is -0.497 e. The van der Waals surface area contributed by atoms with Crippen molar-refractivity contribution in [2.45, 2.75) is 38.6 Å². The molecule has 0 aliphatic carbocycles. The Bertz CT molecular complexity index is 905. The van der Waals surface area contributed by atoms with E-state index in [1.165, 1.54) is 5.56 Å². The number of methoxy groups -OCH3 is 1. The Morgan fingerprint density at radius 2 is 1.67 bits per heavy atom. The monoisotopic (exact) mass is 361 g/mol. The highest BCUT2D eigenvalue weighted by Gasteiger charge is 2.17. The topological polar surface area (TPSA) is 38.3 Å². The lowest BCUT2D eigenvalue weighted by Gasteiger charge is -2.18. The number of amides is 1. The van der Waals surface area contributed by atoms with Crippen LogP contribution < -0.4 is 10.1 Å². The van der Waals surface area contributed by atoms with Gasteiger partial charge in [0, 0.05) is 6.04 Å². The first-order valence-corrected chi connectivity index (χ1v) is 9.49. The standard InChI is InChI=1S/C24H27NO2/c1-17(9-10-19-7-5-4-6-8-19)25-24(26)18(2)20-11-12-22-16-23(27-3)14-13-21(22)15-20/h4-8,11-18H,9-10H2,1-3H3,(H,25,26)/t17?,18-/m0/s1. The zero-order valence-corrected chi connectivity index (χ0v) is 16.2. The van der Waals surface area contributed by atoms with E-state index in [0.717, 1.165) is 34.9 Å². The van der Waals surface area contributed by atoms with Crippen molar-refractivity contribution in [2.75, 3.05) is 7.11 Å². The molecule has 0 spiro atoms. The maximum atomic E-state index is 12.7. The fourth-order valence-corrected chi connectivity index (χ4v) is 3.26. The summed E-state index contributed by atoms with van der Waals surface area (Å²) >= 11 is 0. The number of carbonyl (C=O) groups is 1. The average Bonchev–Trinajstić information content (AvgIpc) is 2.71. The maximum Gasteiger partial charge on any atom is 0.227 e. The largest absolute Gasteiger partial charge is 0.497 e. The first-order chi connectivity index (χ1) is 13.1. The number of hydrogen-bond donors (Lipinski definition) is 1. The second kappa shape index (κ2) is 8.72. The van der Waals surface area contributed by atoms with E-state index >= 15 is 0 Å². The number of aryl methyl sites for hydroxylation is 1. The van der Waals surface area contributed by atoms with Gasteiger partial charge in [-0.25, -0.2) is 0 Å². The molecule has 0 saturated carbocycles. The molecule has 3 aromatic carbocycles. The van der Waals surface area contributed by atoms with Gasteiger partial charge >= 0.3 is 0 Å². The highest BCUT2D eigenvalue weighted by molar-refractivity contribution is 5.88. The molecule has 0 fully saturated rings. The first kappa shape index (κ1) is 19.0. The second-order valence-electron chi connectivity index (χ2n) is 7.13. The first-order valence-electron chi connectivity index (χ1n) is 9.49. The summed E-state index contributed by atoms with van der Waals surface area (Å²) in [7, 11) is 1.67. The molecule has 0 bridgehead atoms. The van der Waals surface area contributed by atoms with E-state index in [1.54, 1.807) is 7.11 Å². The number of ether oxygens (including phenoxy) is 1. The maximum absolute atomic E-state index is 12.7. The van der Waals surface area contributed by atoms with Crippen LogP contribution in [-0.2, 0) is 11.2 Å². The van der Waals surface area contributed by atoms with Crippen molar-refractivity contribution in [1.29, 1.82) is 0 Å². The van der Waals surface area contributed by atoms with E-state index in [0.29, 0.717) is 0 Å². The van der Waals surface area contributed by atoms with Gasteiger partial charge in [0.1, 0.15) is 5.75 Å². The van der Waals surface area contributed by atoms with E-state index in [-0.39, 0.29) is 17.9 Å². The molecule has 0 aromatic heterocycles. The van der Waals surface area contributed by atoms with Crippen LogP contribution in [0.1, 0.15) is 37.3 Å². The van der Waals surface area contributed by atoms with Gasteiger partial charge in [0.25, 0.3) is 0 Å². The van der Waals surface area contributed by atoms with Gasteiger partial charge < -0.3 is 10.1 Å². The lowest BCUT2D eigenvalue weighted by atomic mass is 9.96. The number of fused-ring (bicyclic) bond motifs is 1. The van der Waals surface area contributed by atoms with Crippen LogP contribution in [0.15, 0.2) is 66.7 Å². The van der Waals surface area contributed by atoms with Crippen LogP contribution in [0.4, 0.5) is 0 Å². The smallest absolute Gasteiger partial charge is 0.227 e. The van der Waals surface area contributed by atoms with Gasteiger partial charge in [0.15, 0.2) is 0 Å². The predicted octanol–water partition coefficient (Wildman–Crippen LogP) is 5.09. The summed E-state index contributed by atoms with van der Waals surface area (Å²) in [5.74, 6) is 0.729. The van der Waals surface area contributed by atoms with Gasteiger partial charge in [-0.3, -0.25) is 4.79 Å². The second-order valence-corrected chi connectivity index (χ2v) is 7.13. The van der Waals surface area contributed by atoms with Gasteiger partial charge in [-0.05, 0) is 60.7 Å². The molecule has 0 radical (unpaired) electrons. The minimum atomic E-state index is -0.185. The zero-order valence-electron chi connectivity index (χ0n) is 16.2. The molecular formula is C24H27NO2. The molecule has 27 heavy (non-hydrogen) atoms. The van der Waals surface area contributed by atoms with Gasteiger partial charge in [-0.15, -0.1) is 0 Å². The summed E-state index contributed by atoms with van der Waals surface area (Å²) in [4.78, 5) is 12.7. The molecule has 0 aliphatic rings. The van der Waals surface area contributed by atoms with Gasteiger partial charge in [-0.1, -0.05) is 54.6 Å². The Labute approximate surface area is 161 Å². The van der Waals surface area contributed by atoms with E-state index in [9.17, 15) is 4.79 Å². The molecule has 0 heterocycles. The third-order valence-corrected chi connectivity index (χ3v) is 5.06. The number of hydrogen-bond acceptors (Lipinski definition) is 2. The zero-order chi connectivity index (χ0) is 19.2. The van der Waals surface area contributed by atoms with Gasteiger partial charge in [0.05, 0.1) is 13.0 Å². The Balaban J connectivity index is 1.61. The lowest BCUT2D eigenvalue weighted by molar-refractivity contribution is -0.122. The van der Waals surface area contributed by atoms with Crippen LogP contribution >= 0.6 is 0 Å². The van der Waals surface area contributed by atoms with E-state index < -0.39 is 0 Å². The molecule has 0 saturated heterocycles. The Morgan fingerprint density at radius 3 is 2.41 bits per heavy atom. The number of carbonyl (C=O) groups excluding carboxylic acids is 1. The summed E-state index contributed by atoms with van der Waals surface area (Å²) in [5.41, 5.74) is 2.33. The number of rotatable bonds is 7. The Morgan fingerprint density at radius 1 is 0.963 bits per heavy atom. The molecule has 2 atom stereocenters. The van der Waals surface area contributed by atoms with E-state index in [4.69, 9.17) is 4.74 Å². The molecule has 0 aliphatic heterocycles. The average molecular weight is 361 g/mol. The summed E-state index contributed by atoms with van der Waals surface area (Å²) in [6.07, 6.45) is 1.90. The van der Waals surface area contributed by atoms with Crippen LogP contribution in [-0.4, -0.2) is 19.1 Å². The highest BCUT2D eigenvalue weighted by atomic mass is 16.5. The molecule has 3 nitrogen and oxygen atoms in total. The molecule has 3 aromatic rings. The third-order valence-electron chi connectivity index (χ3n) is 5.06. The summed E-state index contributed by atoms with van der Waals surface area (Å²) in [5, 5.41) is 5.38. The number of nitrogens with one attached hydrogen (secondary N) is 1. The van der Waals surface area contributed by atoms with Gasteiger partial charge in [-0.2, -0.15) is 0 Å². The van der Waals surface area contributed by atoms with Crippen molar-refractivity contribution in [2.24, 2.45) is 0 Å². The van der Waals surface area contributed by atoms with Crippen LogP contribution in [0, 0.1) is 0 Å². The van der Waals surface area contributed by atoms with Crippen molar-refractivity contribution in [3.63, 3.8) is 0 Å². The molecule has 140 valence electrons. The lowest BCUT2D eigenvalue weighted by Crippen LogP contribution is -2.35.